The number of rotatable bonds is 14. The van der Waals surface area contributed by atoms with Gasteiger partial charge in [0.05, 0.1) is 25.1 Å². The minimum atomic E-state index is -0.855. The van der Waals surface area contributed by atoms with Gasteiger partial charge in [-0.3, -0.25) is 14.3 Å². The Bertz CT molecular complexity index is 1950. The van der Waals surface area contributed by atoms with Gasteiger partial charge in [-0.25, -0.2) is 4.98 Å². The van der Waals surface area contributed by atoms with E-state index in [9.17, 15) is 20.1 Å². The van der Waals surface area contributed by atoms with Crippen molar-refractivity contribution in [3.63, 3.8) is 0 Å². The van der Waals surface area contributed by atoms with E-state index >= 15 is 0 Å². The second-order valence-corrected chi connectivity index (χ2v) is 12.3. The molecule has 4 atom stereocenters. The quantitative estimate of drug-likeness (QED) is 0.105. The number of imidazole rings is 1. The molecule has 0 spiro atoms. The van der Waals surface area contributed by atoms with Gasteiger partial charge in [-0.1, -0.05) is 68.4 Å². The summed E-state index contributed by atoms with van der Waals surface area (Å²) in [4.78, 5) is 27.4. The van der Waals surface area contributed by atoms with Crippen molar-refractivity contribution < 1.29 is 24.8 Å². The van der Waals surface area contributed by atoms with E-state index in [0.717, 1.165) is 53.2 Å². The van der Waals surface area contributed by atoms with Crippen molar-refractivity contribution in [2.75, 3.05) is 38.2 Å². The summed E-state index contributed by atoms with van der Waals surface area (Å²) in [5, 5.41) is 33.5. The summed E-state index contributed by atoms with van der Waals surface area (Å²) in [6.45, 7) is 9.32. The zero-order valence-electron chi connectivity index (χ0n) is 28.5. The number of aliphatic hydroxyl groups excluding tert-OH is 2. The summed E-state index contributed by atoms with van der Waals surface area (Å²) >= 11 is 0. The highest BCUT2D eigenvalue weighted by Gasteiger charge is 2.35. The van der Waals surface area contributed by atoms with Crippen LogP contribution in [-0.2, 0) is 4.74 Å². The molecule has 5 N–H and O–H groups in total. The summed E-state index contributed by atoms with van der Waals surface area (Å²) < 4.78 is 13.5. The highest BCUT2D eigenvalue weighted by Crippen LogP contribution is 2.37. The van der Waals surface area contributed by atoms with E-state index in [0.29, 0.717) is 12.3 Å². The highest BCUT2D eigenvalue weighted by atomic mass is 16.5. The van der Waals surface area contributed by atoms with E-state index in [2.05, 4.69) is 34.0 Å². The van der Waals surface area contributed by atoms with Crippen LogP contribution in [0.1, 0.15) is 50.1 Å². The van der Waals surface area contributed by atoms with Crippen molar-refractivity contribution >= 4 is 28.3 Å². The molecule has 0 aliphatic carbocycles. The number of aliphatic hydroxyl groups is 2. The lowest BCUT2D eigenvalue weighted by Crippen LogP contribution is -2.27. The Balaban J connectivity index is 1.39. The Morgan fingerprint density at radius 3 is 2.36 bits per heavy atom. The molecule has 3 aromatic carbocycles. The van der Waals surface area contributed by atoms with Gasteiger partial charge in [-0.05, 0) is 72.1 Å². The monoisotopic (exact) mass is 680 g/mol. The van der Waals surface area contributed by atoms with Crippen molar-refractivity contribution in [3.05, 3.63) is 112 Å². The van der Waals surface area contributed by atoms with Gasteiger partial charge in [0.2, 0.25) is 5.95 Å². The van der Waals surface area contributed by atoms with Crippen molar-refractivity contribution in [3.8, 4) is 11.5 Å². The maximum Gasteiger partial charge on any atom is 0.280 e. The number of fused-ring (bicyclic) bond motifs is 1. The number of ether oxygens (including phenoxy) is 2. The van der Waals surface area contributed by atoms with Crippen LogP contribution in [0, 0.1) is 0 Å². The molecule has 0 amide bonds. The van der Waals surface area contributed by atoms with Gasteiger partial charge in [0.15, 0.2) is 11.2 Å². The van der Waals surface area contributed by atoms with Gasteiger partial charge in [0.1, 0.15) is 30.4 Å². The number of aromatic hydroxyl groups is 1. The number of hydrogen-bond acceptors (Lipinski definition) is 10. The van der Waals surface area contributed by atoms with Gasteiger partial charge in [0.25, 0.3) is 5.56 Å². The first kappa shape index (κ1) is 34.8. The van der Waals surface area contributed by atoms with Crippen molar-refractivity contribution in [1.29, 1.82) is 0 Å². The maximum atomic E-state index is 13.2. The summed E-state index contributed by atoms with van der Waals surface area (Å²) in [6.07, 6.45) is -0.543. The number of phenolic OH excluding ortho intramolecular Hbond substituents is 1. The van der Waals surface area contributed by atoms with Crippen LogP contribution < -0.4 is 15.6 Å². The molecule has 6 rings (SSSR count). The molecule has 1 unspecified atom stereocenters. The minimum absolute atomic E-state index is 0.136. The number of hydrogen-bond donors (Lipinski definition) is 5. The second kappa shape index (κ2) is 15.7. The smallest absolute Gasteiger partial charge is 0.280 e. The molecule has 3 heterocycles. The molecule has 12 heteroatoms. The third kappa shape index (κ3) is 7.58. The number of nitrogens with zero attached hydrogens (tertiary/aromatic N) is 4. The molecular weight excluding hydrogens is 636 g/mol. The van der Waals surface area contributed by atoms with Crippen LogP contribution in [0.25, 0.3) is 22.3 Å². The first-order valence-electron chi connectivity index (χ1n) is 17.0. The lowest BCUT2D eigenvalue weighted by molar-refractivity contribution is -0.0432. The summed E-state index contributed by atoms with van der Waals surface area (Å²) in [5.41, 5.74) is 4.61. The minimum Gasteiger partial charge on any atom is -0.508 e. The van der Waals surface area contributed by atoms with Gasteiger partial charge in [-0.2, -0.15) is 4.98 Å². The van der Waals surface area contributed by atoms with Crippen LogP contribution >= 0.6 is 0 Å². The van der Waals surface area contributed by atoms with Crippen LogP contribution in [0.3, 0.4) is 0 Å². The molecule has 12 nitrogen and oxygen atoms in total. The zero-order chi connectivity index (χ0) is 35.2. The molecule has 5 aromatic rings. The van der Waals surface area contributed by atoms with Crippen molar-refractivity contribution in [2.24, 2.45) is 0 Å². The average Bonchev–Trinajstić information content (AvgIpc) is 3.73. The molecule has 262 valence electrons. The van der Waals surface area contributed by atoms with Crippen LogP contribution in [0.2, 0.25) is 0 Å². The van der Waals surface area contributed by atoms with E-state index < -0.39 is 30.0 Å². The Morgan fingerprint density at radius 2 is 1.72 bits per heavy atom. The second-order valence-electron chi connectivity index (χ2n) is 12.3. The molecule has 0 saturated carbocycles. The first-order chi connectivity index (χ1) is 24.3. The summed E-state index contributed by atoms with van der Waals surface area (Å²) in [6, 6.07) is 24.7. The third-order valence-electron chi connectivity index (χ3n) is 9.14. The fourth-order valence-electron chi connectivity index (χ4n) is 6.42. The van der Waals surface area contributed by atoms with E-state index in [1.165, 1.54) is 6.33 Å². The summed E-state index contributed by atoms with van der Waals surface area (Å²) in [5.74, 6) is 1.16. The number of benzene rings is 3. The predicted octanol–water partition coefficient (Wildman–Crippen LogP) is 4.65. The SMILES string of the molecule is CCN(CC)CCOc1ccc(/C(=C(/c2ccccc2)C(C)Nc2nc3c(ncn3[C@H]3C[C@H](O)[C@@H](CO)O3)c(=O)[nH]2)c2ccc(O)cc2)cc1. The topological polar surface area (TPSA) is 158 Å². The Kier molecular flexibility index (Phi) is 10.9. The Hall–Kier alpha value is -5.01. The van der Waals surface area contributed by atoms with Crippen LogP contribution in [0.4, 0.5) is 5.95 Å². The van der Waals surface area contributed by atoms with Gasteiger partial charge < -0.3 is 35.0 Å². The molecule has 1 aliphatic heterocycles. The number of aromatic nitrogens is 4. The molecule has 0 bridgehead atoms. The fourth-order valence-corrected chi connectivity index (χ4v) is 6.42. The van der Waals surface area contributed by atoms with Crippen molar-refractivity contribution in [2.45, 2.75) is 51.7 Å². The van der Waals surface area contributed by atoms with E-state index in [1.54, 1.807) is 16.7 Å². The number of phenols is 1. The van der Waals surface area contributed by atoms with Crippen molar-refractivity contribution in [1.82, 2.24) is 24.4 Å². The van der Waals surface area contributed by atoms with Gasteiger partial charge >= 0.3 is 0 Å². The standard InChI is InChI=1S/C38H44N6O6/c1-4-43(5-2)19-20-49-29-17-13-27(14-18-29)34(26-11-15-28(46)16-12-26)33(25-9-7-6-8-10-25)24(3)40-38-41-36-35(37(48)42-38)39-23-44(36)32-21-30(47)31(22-45)50-32/h6-18,23-24,30-32,45-47H,4-5,19-22H2,1-3H3,(H2,40,41,42,48)/b34-33+/t24?,30-,31+,32+/m0/s1. The predicted molar refractivity (Wildman–Crippen MR) is 193 cm³/mol. The van der Waals surface area contributed by atoms with Crippen LogP contribution in [0.15, 0.2) is 90.0 Å². The molecule has 50 heavy (non-hydrogen) atoms. The average molecular weight is 681 g/mol. The number of nitrogens with one attached hydrogen (secondary N) is 2. The maximum absolute atomic E-state index is 13.2. The number of H-pyrrole nitrogens is 1. The molecule has 1 saturated heterocycles. The van der Waals surface area contributed by atoms with E-state index in [-0.39, 0.29) is 30.2 Å². The van der Waals surface area contributed by atoms with Gasteiger partial charge in [0, 0.05) is 13.0 Å². The highest BCUT2D eigenvalue weighted by molar-refractivity contribution is 6.01. The Morgan fingerprint density at radius 1 is 1.04 bits per heavy atom. The normalized spacial score (nSPS) is 18.7. The molecular formula is C38H44N6O6. The molecule has 2 aromatic heterocycles. The lowest BCUT2D eigenvalue weighted by atomic mass is 9.86. The lowest BCUT2D eigenvalue weighted by Gasteiger charge is -2.24. The fraction of sp³-hybridized carbons (Fsp3) is 0.342. The van der Waals surface area contributed by atoms with Crippen LogP contribution in [0.5, 0.6) is 11.5 Å². The van der Waals surface area contributed by atoms with Crippen LogP contribution in [-0.4, -0.2) is 90.8 Å². The number of aromatic amines is 1. The molecule has 1 fully saturated rings. The summed E-state index contributed by atoms with van der Waals surface area (Å²) in [7, 11) is 0. The first-order valence-corrected chi connectivity index (χ1v) is 17.0. The van der Waals surface area contributed by atoms with E-state index in [1.807, 2.05) is 73.7 Å². The molecule has 0 radical (unpaired) electrons. The number of anilines is 1. The zero-order valence-corrected chi connectivity index (χ0v) is 28.5. The largest absolute Gasteiger partial charge is 0.508 e. The molecule has 1 aliphatic rings. The number of likely N-dealkylation sites (N-methyl/N-ethyl adjacent to an activating group) is 1. The Labute approximate surface area is 290 Å². The van der Waals surface area contributed by atoms with Gasteiger partial charge in [-0.15, -0.1) is 0 Å². The van der Waals surface area contributed by atoms with E-state index in [4.69, 9.17) is 14.5 Å². The third-order valence-corrected chi connectivity index (χ3v) is 9.14.